The van der Waals surface area contributed by atoms with Gasteiger partial charge >= 0.3 is 0 Å². The van der Waals surface area contributed by atoms with E-state index in [9.17, 15) is 4.39 Å². The van der Waals surface area contributed by atoms with E-state index in [1.165, 1.54) is 30.7 Å². The molecule has 0 saturated heterocycles. The summed E-state index contributed by atoms with van der Waals surface area (Å²) in [6.45, 7) is 0.733. The van der Waals surface area contributed by atoms with E-state index in [1.54, 1.807) is 6.07 Å². The van der Waals surface area contributed by atoms with Crippen LogP contribution in [0.25, 0.3) is 0 Å². The van der Waals surface area contributed by atoms with Gasteiger partial charge in [-0.15, -0.1) is 11.8 Å². The Hall–Kier alpha value is -0.700. The third-order valence-electron chi connectivity index (χ3n) is 2.31. The van der Waals surface area contributed by atoms with E-state index >= 15 is 0 Å². The van der Waals surface area contributed by atoms with Gasteiger partial charge in [-0.2, -0.15) is 0 Å². The van der Waals surface area contributed by atoms with E-state index in [0.29, 0.717) is 16.6 Å². The van der Waals surface area contributed by atoms with Crippen molar-refractivity contribution in [3.05, 3.63) is 24.0 Å². The highest BCUT2D eigenvalue weighted by molar-refractivity contribution is 7.98. The van der Waals surface area contributed by atoms with Gasteiger partial charge in [0.2, 0.25) is 0 Å². The third kappa shape index (κ3) is 2.21. The molecular formula is C11H13FOS. The van der Waals surface area contributed by atoms with Gasteiger partial charge in [0.1, 0.15) is 11.6 Å². The second-order valence-corrected chi connectivity index (χ2v) is 4.34. The first-order chi connectivity index (χ1) is 6.81. The second-order valence-electron chi connectivity index (χ2n) is 3.53. The van der Waals surface area contributed by atoms with Crippen LogP contribution in [0.15, 0.2) is 23.1 Å². The molecule has 2 rings (SSSR count). The molecule has 0 amide bonds. The lowest BCUT2D eigenvalue weighted by molar-refractivity contribution is 0.290. The Kier molecular flexibility index (Phi) is 2.96. The van der Waals surface area contributed by atoms with E-state index in [-0.39, 0.29) is 5.82 Å². The van der Waals surface area contributed by atoms with Crippen LogP contribution in [0.5, 0.6) is 5.75 Å². The monoisotopic (exact) mass is 212 g/mol. The highest BCUT2D eigenvalue weighted by Crippen LogP contribution is 2.33. The van der Waals surface area contributed by atoms with Gasteiger partial charge in [0.15, 0.2) is 0 Å². The number of halogens is 1. The maximum Gasteiger partial charge on any atom is 0.140 e. The molecule has 0 heterocycles. The standard InChI is InChI=1S/C11H13FOS/c1-14-11-9(12)3-2-4-10(11)13-7-8-5-6-8/h2-4,8H,5-7H2,1H3. The Morgan fingerprint density at radius 2 is 2.29 bits per heavy atom. The minimum atomic E-state index is -0.189. The smallest absolute Gasteiger partial charge is 0.140 e. The minimum absolute atomic E-state index is 0.189. The van der Waals surface area contributed by atoms with Crippen LogP contribution < -0.4 is 4.74 Å². The van der Waals surface area contributed by atoms with Crippen molar-refractivity contribution in [2.45, 2.75) is 17.7 Å². The molecule has 0 bridgehead atoms. The summed E-state index contributed by atoms with van der Waals surface area (Å²) in [5, 5.41) is 0. The zero-order chi connectivity index (χ0) is 9.97. The van der Waals surface area contributed by atoms with E-state index in [2.05, 4.69) is 0 Å². The first-order valence-electron chi connectivity index (χ1n) is 4.76. The third-order valence-corrected chi connectivity index (χ3v) is 3.11. The van der Waals surface area contributed by atoms with Gasteiger partial charge in [-0.3, -0.25) is 0 Å². The van der Waals surface area contributed by atoms with E-state index < -0.39 is 0 Å². The fourth-order valence-electron chi connectivity index (χ4n) is 1.29. The number of hydrogen-bond acceptors (Lipinski definition) is 2. The molecule has 0 aliphatic heterocycles. The Morgan fingerprint density at radius 3 is 2.93 bits per heavy atom. The summed E-state index contributed by atoms with van der Waals surface area (Å²) in [7, 11) is 0. The van der Waals surface area contributed by atoms with Crippen LogP contribution in [0.3, 0.4) is 0 Å². The highest BCUT2D eigenvalue weighted by Gasteiger charge is 2.22. The Labute approximate surface area is 87.7 Å². The lowest BCUT2D eigenvalue weighted by atomic mass is 10.3. The van der Waals surface area contributed by atoms with Gasteiger partial charge in [0.05, 0.1) is 11.5 Å². The van der Waals surface area contributed by atoms with Crippen molar-refractivity contribution in [1.29, 1.82) is 0 Å². The van der Waals surface area contributed by atoms with Gasteiger partial charge in [-0.1, -0.05) is 6.07 Å². The molecule has 76 valence electrons. The van der Waals surface area contributed by atoms with Crippen LogP contribution in [-0.2, 0) is 0 Å². The number of rotatable bonds is 4. The minimum Gasteiger partial charge on any atom is -0.492 e. The number of ether oxygens (including phenoxy) is 1. The first-order valence-corrected chi connectivity index (χ1v) is 5.99. The SMILES string of the molecule is CSc1c(F)cccc1OCC1CC1. The van der Waals surface area contributed by atoms with Crippen LogP contribution in [0, 0.1) is 11.7 Å². The van der Waals surface area contributed by atoms with Crippen molar-refractivity contribution in [1.82, 2.24) is 0 Å². The first kappa shape index (κ1) is 9.84. The van der Waals surface area contributed by atoms with Gasteiger partial charge in [-0.25, -0.2) is 4.39 Å². The number of thioether (sulfide) groups is 1. The predicted octanol–water partition coefficient (Wildman–Crippen LogP) is 3.34. The van der Waals surface area contributed by atoms with Crippen molar-refractivity contribution >= 4 is 11.8 Å². The van der Waals surface area contributed by atoms with Crippen molar-refractivity contribution in [2.75, 3.05) is 12.9 Å². The van der Waals surface area contributed by atoms with Gasteiger partial charge in [-0.05, 0) is 37.1 Å². The molecule has 0 aromatic heterocycles. The molecule has 0 atom stereocenters. The molecule has 1 aromatic carbocycles. The van der Waals surface area contributed by atoms with Gasteiger partial charge in [0, 0.05) is 0 Å². The molecule has 3 heteroatoms. The summed E-state index contributed by atoms with van der Waals surface area (Å²) in [6.07, 6.45) is 4.37. The maximum atomic E-state index is 13.3. The quantitative estimate of drug-likeness (QED) is 0.708. The average molecular weight is 212 g/mol. The lowest BCUT2D eigenvalue weighted by Gasteiger charge is -2.09. The summed E-state index contributed by atoms with van der Waals surface area (Å²) >= 11 is 1.39. The molecule has 1 aromatic rings. The van der Waals surface area contributed by atoms with Gasteiger partial charge < -0.3 is 4.74 Å². The molecule has 1 saturated carbocycles. The Morgan fingerprint density at radius 1 is 1.50 bits per heavy atom. The maximum absolute atomic E-state index is 13.3. The van der Waals surface area contributed by atoms with Crippen molar-refractivity contribution in [2.24, 2.45) is 5.92 Å². The summed E-state index contributed by atoms with van der Waals surface area (Å²) in [6, 6.07) is 4.99. The fourth-order valence-corrected chi connectivity index (χ4v) is 1.88. The summed E-state index contributed by atoms with van der Waals surface area (Å²) in [4.78, 5) is 0.619. The van der Waals surface area contributed by atoms with E-state index in [0.717, 1.165) is 6.61 Å². The molecule has 1 nitrogen and oxygen atoms in total. The Balaban J connectivity index is 2.09. The topological polar surface area (TPSA) is 9.23 Å². The van der Waals surface area contributed by atoms with Crippen molar-refractivity contribution in [3.8, 4) is 5.75 Å². The summed E-state index contributed by atoms with van der Waals surface area (Å²) in [5.74, 6) is 1.20. The molecule has 0 unspecified atom stereocenters. The molecule has 0 spiro atoms. The summed E-state index contributed by atoms with van der Waals surface area (Å²) < 4.78 is 18.9. The van der Waals surface area contributed by atoms with Crippen molar-refractivity contribution in [3.63, 3.8) is 0 Å². The van der Waals surface area contributed by atoms with Crippen LogP contribution in [0.4, 0.5) is 4.39 Å². The fraction of sp³-hybridized carbons (Fsp3) is 0.455. The van der Waals surface area contributed by atoms with Gasteiger partial charge in [0.25, 0.3) is 0 Å². The second kappa shape index (κ2) is 4.22. The molecule has 0 N–H and O–H groups in total. The Bertz CT molecular complexity index is 323. The lowest BCUT2D eigenvalue weighted by Crippen LogP contribution is -2.00. The molecule has 14 heavy (non-hydrogen) atoms. The normalized spacial score (nSPS) is 15.6. The number of benzene rings is 1. The van der Waals surface area contributed by atoms with Crippen LogP contribution in [0.1, 0.15) is 12.8 Å². The van der Waals surface area contributed by atoms with Crippen molar-refractivity contribution < 1.29 is 9.13 Å². The van der Waals surface area contributed by atoms with E-state index in [1.807, 2.05) is 12.3 Å². The van der Waals surface area contributed by atoms with Crippen LogP contribution >= 0.6 is 11.8 Å². The van der Waals surface area contributed by atoms with Crippen LogP contribution in [-0.4, -0.2) is 12.9 Å². The largest absolute Gasteiger partial charge is 0.492 e. The number of hydrogen-bond donors (Lipinski definition) is 0. The average Bonchev–Trinajstić information content (AvgIpc) is 2.98. The zero-order valence-electron chi connectivity index (χ0n) is 8.13. The predicted molar refractivity (Wildman–Crippen MR) is 56.4 cm³/mol. The zero-order valence-corrected chi connectivity index (χ0v) is 8.94. The molecule has 1 aliphatic rings. The highest BCUT2D eigenvalue weighted by atomic mass is 32.2. The van der Waals surface area contributed by atoms with Crippen LogP contribution in [0.2, 0.25) is 0 Å². The van der Waals surface area contributed by atoms with E-state index in [4.69, 9.17) is 4.74 Å². The molecule has 0 radical (unpaired) electrons. The summed E-state index contributed by atoms with van der Waals surface area (Å²) in [5.41, 5.74) is 0. The molecular weight excluding hydrogens is 199 g/mol. The molecule has 1 fully saturated rings. The molecule has 1 aliphatic carbocycles.